The van der Waals surface area contributed by atoms with Crippen molar-refractivity contribution in [2.45, 2.75) is 44.1 Å². The van der Waals surface area contributed by atoms with Crippen LogP contribution in [0.5, 0.6) is 5.75 Å². The second-order valence-corrected chi connectivity index (χ2v) is 6.61. The molecule has 0 aliphatic carbocycles. The van der Waals surface area contributed by atoms with Gasteiger partial charge in [-0.25, -0.2) is 8.78 Å². The van der Waals surface area contributed by atoms with Crippen molar-refractivity contribution in [1.82, 2.24) is 10.1 Å². The van der Waals surface area contributed by atoms with Gasteiger partial charge in [0.15, 0.2) is 11.9 Å². The summed E-state index contributed by atoms with van der Waals surface area (Å²) in [5.41, 5.74) is 0.389. The predicted molar refractivity (Wildman–Crippen MR) is 82.5 cm³/mol. The summed E-state index contributed by atoms with van der Waals surface area (Å²) in [5.74, 6) is 0.415. The van der Waals surface area contributed by atoms with Crippen molar-refractivity contribution < 1.29 is 22.8 Å². The van der Waals surface area contributed by atoms with Crippen LogP contribution in [0.25, 0.3) is 0 Å². The molecular weight excluding hydrogens is 318 g/mol. The highest BCUT2D eigenvalue weighted by Crippen LogP contribution is 2.38. The predicted octanol–water partition coefficient (Wildman–Crippen LogP) is 3.35. The number of alkyl halides is 2. The second kappa shape index (κ2) is 6.47. The maximum Gasteiger partial charge on any atom is 0.275 e. The van der Waals surface area contributed by atoms with E-state index in [1.54, 1.807) is 19.2 Å². The maximum atomic E-state index is 13.5. The smallest absolute Gasteiger partial charge is 0.275 e. The van der Waals surface area contributed by atoms with Gasteiger partial charge in [0.2, 0.25) is 5.89 Å². The lowest BCUT2D eigenvalue weighted by Gasteiger charge is -2.31. The van der Waals surface area contributed by atoms with Gasteiger partial charge in [0.05, 0.1) is 17.9 Å². The second-order valence-electron chi connectivity index (χ2n) is 6.61. The molecule has 1 aromatic carbocycles. The van der Waals surface area contributed by atoms with Gasteiger partial charge >= 0.3 is 0 Å². The number of para-hydroxylation sites is 1. The van der Waals surface area contributed by atoms with E-state index in [0.717, 1.165) is 5.56 Å². The average Bonchev–Trinajstić information content (AvgIpc) is 3.04. The van der Waals surface area contributed by atoms with E-state index in [4.69, 9.17) is 14.0 Å². The Morgan fingerprint density at radius 1 is 1.33 bits per heavy atom. The molecule has 0 amide bonds. The number of methoxy groups -OCH3 is 1. The van der Waals surface area contributed by atoms with Gasteiger partial charge in [-0.3, -0.25) is 0 Å². The van der Waals surface area contributed by atoms with Crippen molar-refractivity contribution in [2.75, 3.05) is 13.7 Å². The largest absolute Gasteiger partial charge is 0.483 e. The third-order valence-corrected chi connectivity index (χ3v) is 4.19. The van der Waals surface area contributed by atoms with Crippen LogP contribution in [0.15, 0.2) is 28.8 Å². The topological polar surface area (TPSA) is 57.4 Å². The van der Waals surface area contributed by atoms with Crippen LogP contribution in [0.1, 0.15) is 37.0 Å². The van der Waals surface area contributed by atoms with E-state index in [-0.39, 0.29) is 5.89 Å². The number of benzene rings is 1. The van der Waals surface area contributed by atoms with Gasteiger partial charge in [-0.15, -0.1) is 0 Å². The zero-order valence-electron chi connectivity index (χ0n) is 13.8. The van der Waals surface area contributed by atoms with Crippen molar-refractivity contribution in [3.05, 3.63) is 41.5 Å². The minimum atomic E-state index is -2.65. The van der Waals surface area contributed by atoms with Crippen molar-refractivity contribution in [3.63, 3.8) is 0 Å². The van der Waals surface area contributed by atoms with Crippen LogP contribution in [-0.4, -0.2) is 36.4 Å². The van der Waals surface area contributed by atoms with Crippen molar-refractivity contribution in [3.8, 4) is 5.75 Å². The number of rotatable bonds is 5. The van der Waals surface area contributed by atoms with Crippen LogP contribution in [0.4, 0.5) is 8.78 Å². The fourth-order valence-corrected chi connectivity index (χ4v) is 2.91. The quantitative estimate of drug-likeness (QED) is 0.837. The van der Waals surface area contributed by atoms with Crippen LogP contribution in [0.3, 0.4) is 0 Å². The number of ether oxygens (including phenoxy) is 2. The zero-order chi connectivity index (χ0) is 17.3. The summed E-state index contributed by atoms with van der Waals surface area (Å²) in [4.78, 5) is 4.36. The Balaban J connectivity index is 1.91. The van der Waals surface area contributed by atoms with Gasteiger partial charge in [-0.05, 0) is 18.1 Å². The minimum Gasteiger partial charge on any atom is -0.483 e. The van der Waals surface area contributed by atoms with E-state index < -0.39 is 23.9 Å². The highest BCUT2D eigenvalue weighted by Gasteiger charge is 2.41. The first-order valence-electron chi connectivity index (χ1n) is 7.78. The Bertz CT molecular complexity index is 703. The lowest BCUT2D eigenvalue weighted by Crippen LogP contribution is -2.37. The monoisotopic (exact) mass is 338 g/mol. The Morgan fingerprint density at radius 2 is 2.08 bits per heavy atom. The first-order chi connectivity index (χ1) is 11.4. The number of fused-ring (bicyclic) bond motifs is 1. The molecule has 3 rings (SSSR count). The first-order valence-corrected chi connectivity index (χ1v) is 7.78. The molecular formula is C17H20F2N2O3. The van der Waals surface area contributed by atoms with E-state index in [1.165, 1.54) is 0 Å². The molecule has 0 N–H and O–H groups in total. The molecule has 5 nitrogen and oxygen atoms in total. The molecule has 2 atom stereocenters. The molecule has 0 saturated carbocycles. The molecule has 130 valence electrons. The Labute approximate surface area is 139 Å². The van der Waals surface area contributed by atoms with E-state index in [0.29, 0.717) is 24.6 Å². The van der Waals surface area contributed by atoms with E-state index in [2.05, 4.69) is 10.1 Å². The van der Waals surface area contributed by atoms with Crippen molar-refractivity contribution in [2.24, 2.45) is 0 Å². The molecule has 0 radical (unpaired) electrons. The van der Waals surface area contributed by atoms with E-state index >= 15 is 0 Å². The molecule has 0 fully saturated rings. The lowest BCUT2D eigenvalue weighted by molar-refractivity contribution is -0.0175. The van der Waals surface area contributed by atoms with E-state index in [9.17, 15) is 8.78 Å². The SMILES string of the molecule is COCC(C)(C)c1noc([C@@H]2Cc3ccccc3O[C@H]2C(F)F)n1. The Morgan fingerprint density at radius 3 is 2.79 bits per heavy atom. The molecule has 0 bridgehead atoms. The maximum absolute atomic E-state index is 13.5. The lowest BCUT2D eigenvalue weighted by atomic mass is 9.90. The number of hydrogen-bond donors (Lipinski definition) is 0. The molecule has 7 heteroatoms. The normalized spacial score (nSPS) is 20.8. The van der Waals surface area contributed by atoms with Crippen LogP contribution in [0.2, 0.25) is 0 Å². The van der Waals surface area contributed by atoms with Crippen LogP contribution < -0.4 is 4.74 Å². The number of hydrogen-bond acceptors (Lipinski definition) is 5. The van der Waals surface area contributed by atoms with Crippen LogP contribution in [-0.2, 0) is 16.6 Å². The average molecular weight is 338 g/mol. The van der Waals surface area contributed by atoms with Gasteiger partial charge in [0.1, 0.15) is 5.75 Å². The highest BCUT2D eigenvalue weighted by molar-refractivity contribution is 5.37. The van der Waals surface area contributed by atoms with Crippen LogP contribution >= 0.6 is 0 Å². The number of halogens is 2. The zero-order valence-corrected chi connectivity index (χ0v) is 13.8. The molecule has 0 unspecified atom stereocenters. The molecule has 2 aromatic rings. The molecule has 1 aliphatic heterocycles. The molecule has 2 heterocycles. The summed E-state index contributed by atoms with van der Waals surface area (Å²) < 4.78 is 42.9. The van der Waals surface area contributed by atoms with Crippen LogP contribution in [0, 0.1) is 0 Å². The molecule has 1 aliphatic rings. The number of aromatic nitrogens is 2. The summed E-state index contributed by atoms with van der Waals surface area (Å²) in [6.07, 6.45) is -3.58. The van der Waals surface area contributed by atoms with Gasteiger partial charge < -0.3 is 14.0 Å². The third kappa shape index (κ3) is 3.13. The molecule has 24 heavy (non-hydrogen) atoms. The van der Waals surface area contributed by atoms with Gasteiger partial charge in [-0.2, -0.15) is 4.98 Å². The summed E-state index contributed by atoms with van der Waals surface area (Å²) in [7, 11) is 1.58. The minimum absolute atomic E-state index is 0.175. The fourth-order valence-electron chi connectivity index (χ4n) is 2.91. The third-order valence-electron chi connectivity index (χ3n) is 4.19. The fraction of sp³-hybridized carbons (Fsp3) is 0.529. The van der Waals surface area contributed by atoms with E-state index in [1.807, 2.05) is 26.0 Å². The van der Waals surface area contributed by atoms with Gasteiger partial charge in [0.25, 0.3) is 6.43 Å². The highest BCUT2D eigenvalue weighted by atomic mass is 19.3. The summed E-state index contributed by atoms with van der Waals surface area (Å²) >= 11 is 0. The molecule has 1 aromatic heterocycles. The molecule has 0 spiro atoms. The first kappa shape index (κ1) is 16.8. The molecule has 0 saturated heterocycles. The summed E-state index contributed by atoms with van der Waals surface area (Å²) in [6, 6.07) is 7.17. The summed E-state index contributed by atoms with van der Waals surface area (Å²) in [6.45, 7) is 4.21. The van der Waals surface area contributed by atoms with Gasteiger partial charge in [-0.1, -0.05) is 37.2 Å². The van der Waals surface area contributed by atoms with Crippen molar-refractivity contribution >= 4 is 0 Å². The van der Waals surface area contributed by atoms with Crippen molar-refractivity contribution in [1.29, 1.82) is 0 Å². The summed E-state index contributed by atoms with van der Waals surface area (Å²) in [5, 5.41) is 3.96. The number of nitrogens with zero attached hydrogens (tertiary/aromatic N) is 2. The standard InChI is InChI=1S/C17H20F2N2O3/c1-17(2,9-22-3)16-20-15(24-21-16)11-8-10-6-4-5-7-12(10)23-13(11)14(18)19/h4-7,11,13-14H,8-9H2,1-3H3/t11-,13-/m1/s1. The Hall–Kier alpha value is -2.02. The van der Waals surface area contributed by atoms with Gasteiger partial charge in [0, 0.05) is 7.11 Å². The Kier molecular flexibility index (Phi) is 4.54.